The average molecular weight is 442 g/mol. The fraction of sp³-hybridized carbons (Fsp3) is 0.0800. The van der Waals surface area contributed by atoms with Gasteiger partial charge in [-0.05, 0) is 18.2 Å². The van der Waals surface area contributed by atoms with E-state index in [9.17, 15) is 14.4 Å². The van der Waals surface area contributed by atoms with Crippen molar-refractivity contribution < 1.29 is 23.5 Å². The molecule has 8 nitrogen and oxygen atoms in total. The molecule has 0 saturated carbocycles. The van der Waals surface area contributed by atoms with E-state index in [0.29, 0.717) is 27.9 Å². The van der Waals surface area contributed by atoms with E-state index in [1.54, 1.807) is 36.4 Å². The first-order chi connectivity index (χ1) is 16.0. The monoisotopic (exact) mass is 442 g/mol. The van der Waals surface area contributed by atoms with E-state index in [2.05, 4.69) is 10.3 Å². The number of hydrogen-bond acceptors (Lipinski definition) is 6. The quantitative estimate of drug-likeness (QED) is 0.394. The van der Waals surface area contributed by atoms with Gasteiger partial charge in [-0.3, -0.25) is 9.59 Å². The van der Waals surface area contributed by atoms with Crippen molar-refractivity contribution in [3.8, 4) is 5.75 Å². The molecule has 0 radical (unpaired) electrons. The number of carbonyl (C=O) groups excluding carboxylic acids is 2. The number of aromatic amines is 1. The van der Waals surface area contributed by atoms with Gasteiger partial charge in [0.1, 0.15) is 16.9 Å². The van der Waals surface area contributed by atoms with Crippen LogP contribution in [-0.4, -0.2) is 30.6 Å². The van der Waals surface area contributed by atoms with Crippen LogP contribution in [0.5, 0.6) is 5.75 Å². The van der Waals surface area contributed by atoms with E-state index < -0.39 is 24.0 Å². The van der Waals surface area contributed by atoms with Gasteiger partial charge >= 0.3 is 5.97 Å². The van der Waals surface area contributed by atoms with Gasteiger partial charge in [0, 0.05) is 33.8 Å². The molecule has 5 rings (SSSR count). The van der Waals surface area contributed by atoms with Gasteiger partial charge < -0.3 is 24.2 Å². The normalized spacial score (nSPS) is 11.1. The summed E-state index contributed by atoms with van der Waals surface area (Å²) < 4.78 is 16.5. The van der Waals surface area contributed by atoms with Gasteiger partial charge in [0.2, 0.25) is 5.56 Å². The second kappa shape index (κ2) is 8.16. The Morgan fingerprint density at radius 1 is 0.939 bits per heavy atom. The molecule has 0 saturated heterocycles. The molecular weight excluding hydrogens is 424 g/mol. The Kier molecular flexibility index (Phi) is 5.02. The molecule has 2 N–H and O–H groups in total. The fourth-order valence-electron chi connectivity index (χ4n) is 3.79. The molecule has 1 amide bonds. The van der Waals surface area contributed by atoms with Gasteiger partial charge in [-0.1, -0.05) is 36.4 Å². The van der Waals surface area contributed by atoms with Crippen molar-refractivity contribution in [1.82, 2.24) is 4.98 Å². The maximum Gasteiger partial charge on any atom is 0.339 e. The average Bonchev–Trinajstić information content (AvgIpc) is 3.18. The lowest BCUT2D eigenvalue weighted by Gasteiger charge is -2.11. The van der Waals surface area contributed by atoms with Crippen molar-refractivity contribution in [3.63, 3.8) is 0 Å². The lowest BCUT2D eigenvalue weighted by Crippen LogP contribution is -2.22. The van der Waals surface area contributed by atoms with Crippen LogP contribution in [0.4, 0.5) is 5.69 Å². The summed E-state index contributed by atoms with van der Waals surface area (Å²) in [4.78, 5) is 39.6. The number of amides is 1. The zero-order valence-corrected chi connectivity index (χ0v) is 17.5. The molecule has 0 bridgehead atoms. The van der Waals surface area contributed by atoms with Crippen LogP contribution in [0.25, 0.3) is 32.8 Å². The summed E-state index contributed by atoms with van der Waals surface area (Å²) in [5.41, 5.74) is 1.84. The van der Waals surface area contributed by atoms with E-state index in [0.717, 1.165) is 22.4 Å². The third kappa shape index (κ3) is 3.78. The molecule has 2 heterocycles. The molecule has 164 valence electrons. The Hall–Kier alpha value is -4.59. The van der Waals surface area contributed by atoms with E-state index in [4.69, 9.17) is 13.9 Å². The van der Waals surface area contributed by atoms with Crippen LogP contribution in [0.15, 0.2) is 75.9 Å². The molecule has 2 aromatic heterocycles. The van der Waals surface area contributed by atoms with Crippen molar-refractivity contribution in [2.45, 2.75) is 0 Å². The molecule has 0 aliphatic rings. The first kappa shape index (κ1) is 20.3. The molecule has 33 heavy (non-hydrogen) atoms. The number of fused-ring (bicyclic) bond motifs is 4. The number of nitrogens with one attached hydrogen (secondary N) is 2. The third-order valence-electron chi connectivity index (χ3n) is 5.28. The Bertz CT molecular complexity index is 1600. The van der Waals surface area contributed by atoms with Crippen molar-refractivity contribution in [1.29, 1.82) is 0 Å². The van der Waals surface area contributed by atoms with Gasteiger partial charge in [-0.15, -0.1) is 0 Å². The molecule has 0 atom stereocenters. The number of pyridine rings is 1. The number of hydrogen-bond donors (Lipinski definition) is 2. The summed E-state index contributed by atoms with van der Waals surface area (Å²) in [6.07, 6.45) is 0. The first-order valence-corrected chi connectivity index (χ1v) is 10.1. The number of esters is 1. The standard InChI is InChI=1S/C25H18N2O6/c1-31-22-10-16-15-7-3-5-9-20(15)33-21(16)12-19(22)27-24(29)13-32-25(30)17-11-23(28)26-18-8-4-2-6-14(17)18/h2-12H,13H2,1H3,(H,26,28)(H,27,29). The zero-order chi connectivity index (χ0) is 22.9. The van der Waals surface area contributed by atoms with E-state index in [1.807, 2.05) is 24.3 Å². The second-order valence-corrected chi connectivity index (χ2v) is 7.36. The number of furan rings is 1. The van der Waals surface area contributed by atoms with Crippen LogP contribution in [0.1, 0.15) is 10.4 Å². The highest BCUT2D eigenvalue weighted by molar-refractivity contribution is 6.08. The van der Waals surface area contributed by atoms with Gasteiger partial charge in [0.15, 0.2) is 6.61 Å². The highest BCUT2D eigenvalue weighted by atomic mass is 16.5. The van der Waals surface area contributed by atoms with Crippen LogP contribution >= 0.6 is 0 Å². The van der Waals surface area contributed by atoms with E-state index >= 15 is 0 Å². The Balaban J connectivity index is 1.36. The van der Waals surface area contributed by atoms with Crippen molar-refractivity contribution >= 4 is 50.4 Å². The van der Waals surface area contributed by atoms with Crippen molar-refractivity contribution in [2.75, 3.05) is 19.0 Å². The Morgan fingerprint density at radius 3 is 2.52 bits per heavy atom. The number of ether oxygens (including phenoxy) is 2. The summed E-state index contributed by atoms with van der Waals surface area (Å²) in [5.74, 6) is -0.896. The number of H-pyrrole nitrogens is 1. The minimum atomic E-state index is -0.771. The lowest BCUT2D eigenvalue weighted by molar-refractivity contribution is -0.119. The number of para-hydroxylation sites is 2. The summed E-state index contributed by atoms with van der Waals surface area (Å²) in [5, 5.41) is 5.00. The number of methoxy groups -OCH3 is 1. The van der Waals surface area contributed by atoms with Gasteiger partial charge in [-0.25, -0.2) is 4.79 Å². The van der Waals surface area contributed by atoms with E-state index in [1.165, 1.54) is 7.11 Å². The number of carbonyl (C=O) groups is 2. The highest BCUT2D eigenvalue weighted by Gasteiger charge is 2.17. The summed E-state index contributed by atoms with van der Waals surface area (Å²) in [7, 11) is 1.50. The van der Waals surface area contributed by atoms with Crippen LogP contribution in [-0.2, 0) is 9.53 Å². The SMILES string of the molecule is COc1cc2c(cc1NC(=O)COC(=O)c1cc(=O)[nH]c3ccccc13)oc1ccccc12. The molecule has 5 aromatic rings. The number of aromatic nitrogens is 1. The summed E-state index contributed by atoms with van der Waals surface area (Å²) >= 11 is 0. The molecule has 0 unspecified atom stereocenters. The zero-order valence-electron chi connectivity index (χ0n) is 17.5. The molecule has 8 heteroatoms. The number of anilines is 1. The summed E-state index contributed by atoms with van der Waals surface area (Å²) in [6.45, 7) is -0.540. The summed E-state index contributed by atoms with van der Waals surface area (Å²) in [6, 6.07) is 19.0. The molecular formula is C25H18N2O6. The predicted molar refractivity (Wildman–Crippen MR) is 124 cm³/mol. The molecule has 0 aliphatic heterocycles. The minimum absolute atomic E-state index is 0.0865. The van der Waals surface area contributed by atoms with E-state index in [-0.39, 0.29) is 5.56 Å². The lowest BCUT2D eigenvalue weighted by atomic mass is 10.1. The van der Waals surface area contributed by atoms with Crippen LogP contribution in [0, 0.1) is 0 Å². The second-order valence-electron chi connectivity index (χ2n) is 7.36. The molecule has 0 fully saturated rings. The maximum atomic E-state index is 12.6. The third-order valence-corrected chi connectivity index (χ3v) is 5.28. The highest BCUT2D eigenvalue weighted by Crippen LogP contribution is 2.36. The fourth-order valence-corrected chi connectivity index (χ4v) is 3.79. The van der Waals surface area contributed by atoms with Crippen molar-refractivity contribution in [3.05, 3.63) is 82.6 Å². The maximum absolute atomic E-state index is 12.6. The number of benzene rings is 3. The van der Waals surface area contributed by atoms with Crippen LogP contribution in [0.2, 0.25) is 0 Å². The number of rotatable bonds is 5. The van der Waals surface area contributed by atoms with Gasteiger partial charge in [-0.2, -0.15) is 0 Å². The van der Waals surface area contributed by atoms with Gasteiger partial charge in [0.25, 0.3) is 5.91 Å². The molecule has 0 aliphatic carbocycles. The van der Waals surface area contributed by atoms with Gasteiger partial charge in [0.05, 0.1) is 18.4 Å². The van der Waals surface area contributed by atoms with Crippen molar-refractivity contribution in [2.24, 2.45) is 0 Å². The predicted octanol–water partition coefficient (Wildman–Crippen LogP) is 4.23. The Labute approximate surface area is 186 Å². The molecule has 0 spiro atoms. The largest absolute Gasteiger partial charge is 0.495 e. The minimum Gasteiger partial charge on any atom is -0.495 e. The Morgan fingerprint density at radius 2 is 1.70 bits per heavy atom. The van der Waals surface area contributed by atoms with Crippen LogP contribution in [0.3, 0.4) is 0 Å². The smallest absolute Gasteiger partial charge is 0.339 e. The first-order valence-electron chi connectivity index (χ1n) is 10.1. The topological polar surface area (TPSA) is 111 Å². The van der Waals surface area contributed by atoms with Crippen LogP contribution < -0.4 is 15.6 Å². The molecule has 3 aromatic carbocycles.